The third-order valence-corrected chi connectivity index (χ3v) is 7.15. The molecule has 3 fully saturated rings. The molecule has 2 amide bonds. The van der Waals surface area contributed by atoms with Crippen molar-refractivity contribution >= 4 is 23.6 Å². The highest BCUT2D eigenvalue weighted by atomic mass is 32.2. The maximum Gasteiger partial charge on any atom is 0.242 e. The van der Waals surface area contributed by atoms with Crippen LogP contribution in [0.2, 0.25) is 0 Å². The van der Waals surface area contributed by atoms with E-state index in [0.717, 1.165) is 44.8 Å². The molecule has 0 saturated carbocycles. The lowest BCUT2D eigenvalue weighted by molar-refractivity contribution is -0.136. The SMILES string of the molecule is C[C@@H](O)[C@H](N)C(=O)N1CCCC2(C1)N[C@H](C(=O)N1CCN(C)CC1)CS2. The summed E-state index contributed by atoms with van der Waals surface area (Å²) in [5.41, 5.74) is 5.83. The molecule has 0 radical (unpaired) electrons. The Balaban J connectivity index is 1.59. The summed E-state index contributed by atoms with van der Waals surface area (Å²) in [6, 6.07) is -1.08. The standard InChI is InChI=1S/C17H31N5O3S/c1-12(23)14(18)16(25)22-5-3-4-17(11-22)19-13(10-26-17)15(24)21-8-6-20(2)7-9-21/h12-14,19,23H,3-11,18H2,1-2H3/t12-,13+,14+,17?/m1/s1. The van der Waals surface area contributed by atoms with E-state index in [9.17, 15) is 14.7 Å². The minimum atomic E-state index is -0.890. The van der Waals surface area contributed by atoms with Crippen molar-refractivity contribution in [3.63, 3.8) is 0 Å². The Morgan fingerprint density at radius 2 is 1.92 bits per heavy atom. The Hall–Kier alpha value is -0.870. The van der Waals surface area contributed by atoms with Crippen molar-refractivity contribution in [1.82, 2.24) is 20.0 Å². The van der Waals surface area contributed by atoms with E-state index in [1.807, 2.05) is 4.90 Å². The number of nitrogens with two attached hydrogens (primary N) is 1. The second-order valence-electron chi connectivity index (χ2n) is 7.76. The topological polar surface area (TPSA) is 102 Å². The first-order valence-corrected chi connectivity index (χ1v) is 10.4. The van der Waals surface area contributed by atoms with Gasteiger partial charge in [0.1, 0.15) is 6.04 Å². The Morgan fingerprint density at radius 1 is 1.23 bits per heavy atom. The number of likely N-dealkylation sites (N-methyl/N-ethyl adjacent to an activating group) is 1. The summed E-state index contributed by atoms with van der Waals surface area (Å²) in [7, 11) is 2.08. The van der Waals surface area contributed by atoms with E-state index in [4.69, 9.17) is 5.73 Å². The van der Waals surface area contributed by atoms with Crippen LogP contribution < -0.4 is 11.1 Å². The third kappa shape index (κ3) is 4.17. The Kier molecular flexibility index (Phi) is 6.13. The largest absolute Gasteiger partial charge is 0.391 e. The molecule has 9 heteroatoms. The lowest BCUT2D eigenvalue weighted by Gasteiger charge is -2.41. The van der Waals surface area contributed by atoms with E-state index >= 15 is 0 Å². The number of nitrogens with one attached hydrogen (secondary N) is 1. The summed E-state index contributed by atoms with van der Waals surface area (Å²) in [6.07, 6.45) is 0.932. The first-order valence-electron chi connectivity index (χ1n) is 9.43. The number of carbonyl (C=O) groups excluding carboxylic acids is 2. The summed E-state index contributed by atoms with van der Waals surface area (Å²) in [5, 5.41) is 13.1. The molecule has 8 nitrogen and oxygen atoms in total. The van der Waals surface area contributed by atoms with Crippen molar-refractivity contribution in [2.45, 2.75) is 42.8 Å². The van der Waals surface area contributed by atoms with Gasteiger partial charge < -0.3 is 25.5 Å². The van der Waals surface area contributed by atoms with Crippen LogP contribution in [0.15, 0.2) is 0 Å². The second kappa shape index (κ2) is 8.02. The molecule has 3 heterocycles. The maximum absolute atomic E-state index is 12.8. The summed E-state index contributed by atoms with van der Waals surface area (Å²) >= 11 is 1.74. The van der Waals surface area contributed by atoms with Crippen molar-refractivity contribution < 1.29 is 14.7 Å². The van der Waals surface area contributed by atoms with Crippen LogP contribution in [0.4, 0.5) is 0 Å². The van der Waals surface area contributed by atoms with Gasteiger partial charge in [-0.2, -0.15) is 0 Å². The molecule has 1 spiro atoms. The zero-order chi connectivity index (χ0) is 18.9. The van der Waals surface area contributed by atoms with Crippen molar-refractivity contribution in [2.24, 2.45) is 5.73 Å². The zero-order valence-corrected chi connectivity index (χ0v) is 16.5. The molecule has 26 heavy (non-hydrogen) atoms. The molecular weight excluding hydrogens is 354 g/mol. The average Bonchev–Trinajstić information content (AvgIpc) is 3.03. The first kappa shape index (κ1) is 19.9. The summed E-state index contributed by atoms with van der Waals surface area (Å²) in [4.78, 5) is 31.0. The smallest absolute Gasteiger partial charge is 0.242 e. The van der Waals surface area contributed by atoms with Crippen LogP contribution in [0.25, 0.3) is 0 Å². The third-order valence-electron chi connectivity index (χ3n) is 5.65. The molecule has 3 aliphatic rings. The lowest BCUT2D eigenvalue weighted by Crippen LogP contribution is -2.61. The molecular formula is C17H31N5O3S. The molecule has 3 aliphatic heterocycles. The normalized spacial score (nSPS) is 32.7. The van der Waals surface area contributed by atoms with Gasteiger partial charge in [0, 0.05) is 45.0 Å². The van der Waals surface area contributed by atoms with E-state index in [1.54, 1.807) is 16.7 Å². The summed E-state index contributed by atoms with van der Waals surface area (Å²) in [5.74, 6) is 0.692. The molecule has 1 unspecified atom stereocenters. The van der Waals surface area contributed by atoms with Crippen LogP contribution in [0.1, 0.15) is 19.8 Å². The van der Waals surface area contributed by atoms with Crippen LogP contribution in [-0.2, 0) is 9.59 Å². The van der Waals surface area contributed by atoms with Crippen molar-refractivity contribution in [1.29, 1.82) is 0 Å². The van der Waals surface area contributed by atoms with Crippen LogP contribution >= 0.6 is 11.8 Å². The minimum Gasteiger partial charge on any atom is -0.391 e. The van der Waals surface area contributed by atoms with Gasteiger partial charge in [0.15, 0.2) is 0 Å². The monoisotopic (exact) mass is 385 g/mol. The van der Waals surface area contributed by atoms with Gasteiger partial charge in [-0.15, -0.1) is 11.8 Å². The first-order chi connectivity index (χ1) is 12.3. The number of rotatable bonds is 3. The summed E-state index contributed by atoms with van der Waals surface area (Å²) in [6.45, 7) is 6.10. The molecule has 4 atom stereocenters. The Morgan fingerprint density at radius 3 is 2.58 bits per heavy atom. The average molecular weight is 386 g/mol. The van der Waals surface area contributed by atoms with Crippen LogP contribution in [0, 0.1) is 0 Å². The molecule has 148 valence electrons. The molecule has 3 rings (SSSR count). The zero-order valence-electron chi connectivity index (χ0n) is 15.7. The molecule has 0 bridgehead atoms. The quantitative estimate of drug-likeness (QED) is 0.543. The fraction of sp³-hybridized carbons (Fsp3) is 0.882. The van der Waals surface area contributed by atoms with Gasteiger partial charge in [-0.1, -0.05) is 0 Å². The van der Waals surface area contributed by atoms with E-state index in [2.05, 4.69) is 17.3 Å². The summed E-state index contributed by atoms with van der Waals surface area (Å²) < 4.78 is 0. The molecule has 3 saturated heterocycles. The van der Waals surface area contributed by atoms with Gasteiger partial charge in [-0.25, -0.2) is 0 Å². The number of aliphatic hydroxyl groups is 1. The Labute approximate surface area is 159 Å². The van der Waals surface area contributed by atoms with Crippen molar-refractivity contribution in [2.75, 3.05) is 52.1 Å². The number of piperidine rings is 1. The van der Waals surface area contributed by atoms with Crippen LogP contribution in [0.5, 0.6) is 0 Å². The van der Waals surface area contributed by atoms with E-state index in [-0.39, 0.29) is 22.7 Å². The van der Waals surface area contributed by atoms with Gasteiger partial charge in [-0.05, 0) is 26.8 Å². The number of nitrogens with zero attached hydrogens (tertiary/aromatic N) is 3. The predicted octanol–water partition coefficient (Wildman–Crippen LogP) is -1.51. The van der Waals surface area contributed by atoms with E-state index in [1.165, 1.54) is 6.92 Å². The predicted molar refractivity (Wildman–Crippen MR) is 102 cm³/mol. The van der Waals surface area contributed by atoms with Gasteiger partial charge in [0.25, 0.3) is 0 Å². The van der Waals surface area contributed by atoms with Crippen molar-refractivity contribution in [3.05, 3.63) is 0 Å². The molecule has 0 aromatic rings. The van der Waals surface area contributed by atoms with E-state index < -0.39 is 12.1 Å². The number of amides is 2. The number of carbonyl (C=O) groups is 2. The van der Waals surface area contributed by atoms with Crippen LogP contribution in [-0.4, -0.2) is 107 Å². The fourth-order valence-corrected chi connectivity index (χ4v) is 5.36. The minimum absolute atomic E-state index is 0.173. The van der Waals surface area contributed by atoms with Gasteiger partial charge in [-0.3, -0.25) is 14.9 Å². The number of likely N-dealkylation sites (tertiary alicyclic amines) is 1. The number of hydrogen-bond donors (Lipinski definition) is 3. The van der Waals surface area contributed by atoms with E-state index in [0.29, 0.717) is 13.1 Å². The van der Waals surface area contributed by atoms with Crippen molar-refractivity contribution in [3.8, 4) is 0 Å². The highest BCUT2D eigenvalue weighted by Crippen LogP contribution is 2.38. The second-order valence-corrected chi connectivity index (χ2v) is 9.16. The maximum atomic E-state index is 12.8. The Bertz CT molecular complexity index is 540. The van der Waals surface area contributed by atoms with Gasteiger partial charge in [0.05, 0.1) is 17.0 Å². The molecule has 4 N–H and O–H groups in total. The number of aliphatic hydroxyl groups excluding tert-OH is 1. The molecule has 0 aromatic carbocycles. The number of piperazine rings is 1. The van der Waals surface area contributed by atoms with Crippen LogP contribution in [0.3, 0.4) is 0 Å². The highest BCUT2D eigenvalue weighted by molar-refractivity contribution is 8.01. The molecule has 0 aliphatic carbocycles. The molecule has 0 aromatic heterocycles. The lowest BCUT2D eigenvalue weighted by atomic mass is 10.0. The fourth-order valence-electron chi connectivity index (χ4n) is 3.89. The highest BCUT2D eigenvalue weighted by Gasteiger charge is 2.47. The number of hydrogen-bond acceptors (Lipinski definition) is 7. The van der Waals surface area contributed by atoms with Gasteiger partial charge >= 0.3 is 0 Å². The number of thioether (sulfide) groups is 1. The van der Waals surface area contributed by atoms with Gasteiger partial charge in [0.2, 0.25) is 11.8 Å².